The van der Waals surface area contributed by atoms with Crippen LogP contribution in [-0.4, -0.2) is 32.7 Å². The van der Waals surface area contributed by atoms with E-state index in [1.165, 1.54) is 0 Å². The molecular formula is C25H21N5O3. The number of hydrogen-bond acceptors (Lipinski definition) is 5. The highest BCUT2D eigenvalue weighted by Crippen LogP contribution is 2.35. The zero-order valence-corrected chi connectivity index (χ0v) is 18.1. The smallest absolute Gasteiger partial charge is 0.284 e. The topological polar surface area (TPSA) is 105 Å². The number of rotatable bonds is 5. The summed E-state index contributed by atoms with van der Waals surface area (Å²) in [7, 11) is 1.61. The number of aryl methyl sites for hydroxylation is 1. The van der Waals surface area contributed by atoms with Crippen molar-refractivity contribution in [2.75, 3.05) is 7.11 Å². The van der Waals surface area contributed by atoms with Gasteiger partial charge in [0.25, 0.3) is 5.91 Å². The number of nitrogens with one attached hydrogen (secondary N) is 1. The number of para-hydroxylation sites is 1. The number of aromatic amines is 1. The monoisotopic (exact) mass is 439 g/mol. The summed E-state index contributed by atoms with van der Waals surface area (Å²) in [6.45, 7) is 1.95. The van der Waals surface area contributed by atoms with Crippen LogP contribution in [0.3, 0.4) is 0 Å². The van der Waals surface area contributed by atoms with Crippen LogP contribution in [-0.2, 0) is 11.3 Å². The number of imidazole rings is 1. The van der Waals surface area contributed by atoms with Crippen molar-refractivity contribution in [3.63, 3.8) is 0 Å². The molecule has 2 heterocycles. The molecule has 8 nitrogen and oxygen atoms in total. The third kappa shape index (κ3) is 3.82. The van der Waals surface area contributed by atoms with Gasteiger partial charge in [-0.15, -0.1) is 10.2 Å². The van der Waals surface area contributed by atoms with Crippen LogP contribution in [0.5, 0.6) is 11.6 Å². The van der Waals surface area contributed by atoms with Gasteiger partial charge in [-0.05, 0) is 55.0 Å². The number of benzene rings is 3. The van der Waals surface area contributed by atoms with E-state index >= 15 is 0 Å². The second kappa shape index (κ2) is 8.23. The van der Waals surface area contributed by atoms with E-state index in [-0.39, 0.29) is 18.1 Å². The molecule has 5 aromatic rings. The Hall–Kier alpha value is -4.46. The largest absolute Gasteiger partial charge is 0.497 e. The van der Waals surface area contributed by atoms with Gasteiger partial charge in [-0.25, -0.2) is 4.98 Å². The van der Waals surface area contributed by atoms with Gasteiger partial charge in [-0.1, -0.05) is 24.3 Å². The van der Waals surface area contributed by atoms with Crippen molar-refractivity contribution in [2.45, 2.75) is 13.5 Å². The number of carbonyl (C=O) groups is 1. The molecule has 2 aromatic heterocycles. The standard InChI is InChI=1S/C25H21N5O3/c1-15-7-12-21-20(13-15)26-24(16-8-10-17(33-2)11-9-16)30(21)14-22(31)28-29-23-18-5-3-4-6-19(18)27-25(23)32/h3-13,27,32H,14H2,1-2H3. The van der Waals surface area contributed by atoms with Crippen molar-refractivity contribution in [3.8, 4) is 23.0 Å². The van der Waals surface area contributed by atoms with Crippen LogP contribution < -0.4 is 4.74 Å². The van der Waals surface area contributed by atoms with E-state index in [0.717, 1.165) is 27.9 Å². The van der Waals surface area contributed by atoms with Crippen molar-refractivity contribution >= 4 is 33.5 Å². The summed E-state index contributed by atoms with van der Waals surface area (Å²) in [5.41, 5.74) is 4.50. The van der Waals surface area contributed by atoms with Crippen LogP contribution in [0.15, 0.2) is 77.0 Å². The number of ether oxygens (including phenoxy) is 1. The Labute approximate surface area is 189 Å². The summed E-state index contributed by atoms with van der Waals surface area (Å²) < 4.78 is 7.08. The van der Waals surface area contributed by atoms with Crippen LogP contribution in [0.2, 0.25) is 0 Å². The minimum atomic E-state index is -0.464. The van der Waals surface area contributed by atoms with E-state index in [0.29, 0.717) is 16.7 Å². The predicted molar refractivity (Wildman–Crippen MR) is 126 cm³/mol. The van der Waals surface area contributed by atoms with Gasteiger partial charge in [0, 0.05) is 10.9 Å². The normalized spacial score (nSPS) is 11.6. The van der Waals surface area contributed by atoms with Crippen LogP contribution in [0, 0.1) is 6.92 Å². The highest BCUT2D eigenvalue weighted by Gasteiger charge is 2.16. The van der Waals surface area contributed by atoms with E-state index in [2.05, 4.69) is 15.2 Å². The fraction of sp³-hybridized carbons (Fsp3) is 0.120. The van der Waals surface area contributed by atoms with Gasteiger partial charge in [0.1, 0.15) is 18.1 Å². The SMILES string of the molecule is COc1ccc(-c2nc3cc(C)ccc3n2CC(=O)N=Nc2c(O)[nH]c3ccccc23)cc1. The molecule has 0 aliphatic heterocycles. The van der Waals surface area contributed by atoms with Gasteiger partial charge in [0.05, 0.1) is 23.7 Å². The average molecular weight is 439 g/mol. The summed E-state index contributed by atoms with van der Waals surface area (Å²) in [6, 6.07) is 20.7. The molecule has 2 N–H and O–H groups in total. The molecule has 0 spiro atoms. The van der Waals surface area contributed by atoms with E-state index in [1.54, 1.807) is 13.2 Å². The van der Waals surface area contributed by atoms with Crippen LogP contribution in [0.1, 0.15) is 5.56 Å². The van der Waals surface area contributed by atoms with Gasteiger partial charge < -0.3 is 19.4 Å². The Morgan fingerprint density at radius 2 is 1.91 bits per heavy atom. The summed E-state index contributed by atoms with van der Waals surface area (Å²) in [5.74, 6) is 0.793. The highest BCUT2D eigenvalue weighted by atomic mass is 16.5. The lowest BCUT2D eigenvalue weighted by molar-refractivity contribution is -0.118. The predicted octanol–water partition coefficient (Wildman–Crippen LogP) is 5.52. The first kappa shape index (κ1) is 20.4. The van der Waals surface area contributed by atoms with Gasteiger partial charge in [0.15, 0.2) is 5.69 Å². The molecule has 0 bridgehead atoms. The van der Waals surface area contributed by atoms with Crippen LogP contribution >= 0.6 is 0 Å². The van der Waals surface area contributed by atoms with Crippen molar-refractivity contribution < 1.29 is 14.6 Å². The first-order valence-corrected chi connectivity index (χ1v) is 10.4. The van der Waals surface area contributed by atoms with E-state index in [4.69, 9.17) is 9.72 Å². The van der Waals surface area contributed by atoms with Crippen LogP contribution in [0.25, 0.3) is 33.3 Å². The third-order valence-corrected chi connectivity index (χ3v) is 5.47. The maximum absolute atomic E-state index is 12.8. The Bertz CT molecular complexity index is 1510. The summed E-state index contributed by atoms with van der Waals surface area (Å²) in [5, 5.41) is 18.8. The quantitative estimate of drug-likeness (QED) is 0.352. The van der Waals surface area contributed by atoms with Crippen molar-refractivity contribution in [3.05, 3.63) is 72.3 Å². The Morgan fingerprint density at radius 1 is 1.12 bits per heavy atom. The number of aromatic nitrogens is 3. The number of H-pyrrole nitrogens is 1. The second-order valence-corrected chi connectivity index (χ2v) is 7.70. The Kier molecular flexibility index (Phi) is 5.10. The molecule has 33 heavy (non-hydrogen) atoms. The van der Waals surface area contributed by atoms with E-state index < -0.39 is 5.91 Å². The minimum absolute atomic E-state index is 0.0481. The summed E-state index contributed by atoms with van der Waals surface area (Å²) in [4.78, 5) is 20.4. The molecule has 0 aliphatic rings. The average Bonchev–Trinajstić information content (AvgIpc) is 3.34. The van der Waals surface area contributed by atoms with Gasteiger partial charge in [-0.2, -0.15) is 0 Å². The zero-order valence-electron chi connectivity index (χ0n) is 18.1. The Morgan fingerprint density at radius 3 is 2.70 bits per heavy atom. The fourth-order valence-corrected chi connectivity index (χ4v) is 3.85. The number of aromatic hydroxyl groups is 1. The maximum atomic E-state index is 12.8. The maximum Gasteiger partial charge on any atom is 0.284 e. The molecule has 0 saturated carbocycles. The molecule has 0 atom stereocenters. The molecule has 0 fully saturated rings. The number of hydrogen-bond donors (Lipinski definition) is 2. The molecule has 0 radical (unpaired) electrons. The lowest BCUT2D eigenvalue weighted by atomic mass is 10.2. The number of nitrogens with zero attached hydrogens (tertiary/aromatic N) is 4. The van der Waals surface area contributed by atoms with Crippen molar-refractivity contribution in [1.29, 1.82) is 0 Å². The third-order valence-electron chi connectivity index (χ3n) is 5.47. The molecule has 3 aromatic carbocycles. The van der Waals surface area contributed by atoms with Crippen LogP contribution in [0.4, 0.5) is 5.69 Å². The van der Waals surface area contributed by atoms with Gasteiger partial charge >= 0.3 is 0 Å². The minimum Gasteiger partial charge on any atom is -0.497 e. The molecular weight excluding hydrogens is 418 g/mol. The van der Waals surface area contributed by atoms with E-state index in [1.807, 2.05) is 72.2 Å². The first-order chi connectivity index (χ1) is 16.0. The van der Waals surface area contributed by atoms with Crippen molar-refractivity contribution in [1.82, 2.24) is 14.5 Å². The molecule has 0 unspecified atom stereocenters. The number of methoxy groups -OCH3 is 1. The molecule has 0 saturated heterocycles. The Balaban J connectivity index is 1.51. The second-order valence-electron chi connectivity index (χ2n) is 7.70. The molecule has 164 valence electrons. The lowest BCUT2D eigenvalue weighted by Gasteiger charge is -2.08. The molecule has 8 heteroatoms. The summed E-state index contributed by atoms with van der Waals surface area (Å²) in [6.07, 6.45) is 0. The summed E-state index contributed by atoms with van der Waals surface area (Å²) >= 11 is 0. The number of carbonyl (C=O) groups excluding carboxylic acids is 1. The molecule has 1 amide bonds. The highest BCUT2D eigenvalue weighted by molar-refractivity contribution is 5.94. The molecule has 0 aliphatic carbocycles. The van der Waals surface area contributed by atoms with Gasteiger partial charge in [-0.3, -0.25) is 4.79 Å². The number of azo groups is 1. The van der Waals surface area contributed by atoms with Gasteiger partial charge in [0.2, 0.25) is 5.88 Å². The van der Waals surface area contributed by atoms with Crippen molar-refractivity contribution in [2.24, 2.45) is 10.2 Å². The fourth-order valence-electron chi connectivity index (χ4n) is 3.85. The number of amides is 1. The molecule has 5 rings (SSSR count). The zero-order chi connectivity index (χ0) is 22.9. The first-order valence-electron chi connectivity index (χ1n) is 10.4. The van der Waals surface area contributed by atoms with E-state index in [9.17, 15) is 9.90 Å². The number of fused-ring (bicyclic) bond motifs is 2. The lowest BCUT2D eigenvalue weighted by Crippen LogP contribution is -2.08.